The standard InChI is InChI=1S/C11H15FN4O2/c1-3-14-10-8(4-7(12)5-15-10)11(18)16-6-9(17)13-2/h4-5H,3,6H2,1-2H3,(H,13,17)(H,14,15)(H,16,18). The van der Waals surface area contributed by atoms with Crippen LogP contribution in [-0.2, 0) is 4.79 Å². The van der Waals surface area contributed by atoms with Crippen LogP contribution in [0.4, 0.5) is 10.2 Å². The predicted molar refractivity (Wildman–Crippen MR) is 64.8 cm³/mol. The molecule has 6 nitrogen and oxygen atoms in total. The molecule has 0 unspecified atom stereocenters. The van der Waals surface area contributed by atoms with E-state index in [4.69, 9.17) is 0 Å². The third-order valence-corrected chi connectivity index (χ3v) is 2.13. The number of hydrogen-bond donors (Lipinski definition) is 3. The minimum atomic E-state index is -0.609. The van der Waals surface area contributed by atoms with E-state index in [1.54, 1.807) is 0 Å². The normalized spacial score (nSPS) is 9.72. The second-order valence-electron chi connectivity index (χ2n) is 3.44. The summed E-state index contributed by atoms with van der Waals surface area (Å²) in [6, 6.07) is 1.07. The fraction of sp³-hybridized carbons (Fsp3) is 0.364. The van der Waals surface area contributed by atoms with Gasteiger partial charge in [-0.05, 0) is 13.0 Å². The molecule has 1 aromatic rings. The summed E-state index contributed by atoms with van der Waals surface area (Å²) >= 11 is 0. The van der Waals surface area contributed by atoms with Crippen LogP contribution < -0.4 is 16.0 Å². The van der Waals surface area contributed by atoms with Gasteiger partial charge in [-0.15, -0.1) is 0 Å². The van der Waals surface area contributed by atoms with E-state index in [2.05, 4.69) is 20.9 Å². The summed E-state index contributed by atoms with van der Waals surface area (Å²) in [5, 5.41) is 7.59. The molecule has 0 aliphatic carbocycles. The quantitative estimate of drug-likeness (QED) is 0.697. The second kappa shape index (κ2) is 6.53. The molecule has 3 N–H and O–H groups in total. The largest absolute Gasteiger partial charge is 0.370 e. The molecule has 0 fully saturated rings. The molecule has 7 heteroatoms. The van der Waals surface area contributed by atoms with Crippen LogP contribution in [0.3, 0.4) is 0 Å². The third kappa shape index (κ3) is 3.69. The van der Waals surface area contributed by atoms with Crippen molar-refractivity contribution in [1.29, 1.82) is 0 Å². The maximum Gasteiger partial charge on any atom is 0.255 e. The van der Waals surface area contributed by atoms with Gasteiger partial charge in [-0.3, -0.25) is 9.59 Å². The molecular formula is C11H15FN4O2. The van der Waals surface area contributed by atoms with Crippen LogP contribution in [0.15, 0.2) is 12.3 Å². The molecule has 0 aromatic carbocycles. The molecule has 0 aliphatic rings. The molecule has 0 bridgehead atoms. The highest BCUT2D eigenvalue weighted by atomic mass is 19.1. The molecule has 1 aromatic heterocycles. The van der Waals surface area contributed by atoms with Crippen molar-refractivity contribution in [2.24, 2.45) is 0 Å². The topological polar surface area (TPSA) is 83.1 Å². The van der Waals surface area contributed by atoms with Gasteiger partial charge in [0.25, 0.3) is 5.91 Å². The highest BCUT2D eigenvalue weighted by Crippen LogP contribution is 2.13. The van der Waals surface area contributed by atoms with E-state index in [-0.39, 0.29) is 23.8 Å². The first-order valence-electron chi connectivity index (χ1n) is 5.46. The van der Waals surface area contributed by atoms with Crippen LogP contribution >= 0.6 is 0 Å². The summed E-state index contributed by atoms with van der Waals surface area (Å²) < 4.78 is 13.1. The number of nitrogens with one attached hydrogen (secondary N) is 3. The number of rotatable bonds is 5. The maximum absolute atomic E-state index is 13.1. The van der Waals surface area contributed by atoms with E-state index in [9.17, 15) is 14.0 Å². The van der Waals surface area contributed by atoms with Crippen molar-refractivity contribution in [2.45, 2.75) is 6.92 Å². The molecule has 0 atom stereocenters. The Morgan fingerprint density at radius 1 is 1.44 bits per heavy atom. The Bertz CT molecular complexity index is 451. The van der Waals surface area contributed by atoms with Gasteiger partial charge in [-0.25, -0.2) is 9.37 Å². The van der Waals surface area contributed by atoms with Gasteiger partial charge in [0, 0.05) is 13.6 Å². The average molecular weight is 254 g/mol. The molecule has 0 saturated heterocycles. The molecule has 1 heterocycles. The Kier molecular flexibility index (Phi) is 5.04. The molecule has 0 aliphatic heterocycles. The number of hydrogen-bond acceptors (Lipinski definition) is 4. The zero-order valence-electron chi connectivity index (χ0n) is 10.2. The zero-order valence-corrected chi connectivity index (χ0v) is 10.2. The van der Waals surface area contributed by atoms with E-state index in [1.807, 2.05) is 6.92 Å². The third-order valence-electron chi connectivity index (χ3n) is 2.13. The first kappa shape index (κ1) is 13.9. The Hall–Kier alpha value is -2.18. The second-order valence-corrected chi connectivity index (χ2v) is 3.44. The molecule has 98 valence electrons. The Morgan fingerprint density at radius 2 is 2.17 bits per heavy atom. The van der Waals surface area contributed by atoms with Gasteiger partial charge >= 0.3 is 0 Å². The number of aromatic nitrogens is 1. The predicted octanol–water partition coefficient (Wildman–Crippen LogP) is 0.128. The molecule has 0 spiro atoms. The smallest absolute Gasteiger partial charge is 0.255 e. The van der Waals surface area contributed by atoms with Gasteiger partial charge in [0.15, 0.2) is 0 Å². The lowest BCUT2D eigenvalue weighted by molar-refractivity contribution is -0.119. The molecule has 2 amide bonds. The average Bonchev–Trinajstić information content (AvgIpc) is 2.37. The first-order chi connectivity index (χ1) is 8.58. The summed E-state index contributed by atoms with van der Waals surface area (Å²) in [5.74, 6) is -1.21. The number of likely N-dealkylation sites (N-methyl/N-ethyl adjacent to an activating group) is 1. The van der Waals surface area contributed by atoms with Crippen LogP contribution in [0.2, 0.25) is 0 Å². The van der Waals surface area contributed by atoms with E-state index >= 15 is 0 Å². The summed E-state index contributed by atoms with van der Waals surface area (Å²) in [6.45, 7) is 2.21. The van der Waals surface area contributed by atoms with Gasteiger partial charge in [-0.1, -0.05) is 0 Å². The molecule has 18 heavy (non-hydrogen) atoms. The highest BCUT2D eigenvalue weighted by molar-refractivity contribution is 6.00. The minimum absolute atomic E-state index is 0.0701. The Labute approximate surface area is 104 Å². The van der Waals surface area contributed by atoms with E-state index in [0.29, 0.717) is 6.54 Å². The Morgan fingerprint density at radius 3 is 2.78 bits per heavy atom. The van der Waals surface area contributed by atoms with Crippen LogP contribution in [0.25, 0.3) is 0 Å². The van der Waals surface area contributed by atoms with Crippen molar-refractivity contribution in [1.82, 2.24) is 15.6 Å². The van der Waals surface area contributed by atoms with E-state index < -0.39 is 11.7 Å². The van der Waals surface area contributed by atoms with Crippen LogP contribution in [-0.4, -0.2) is 36.9 Å². The maximum atomic E-state index is 13.1. The lowest BCUT2D eigenvalue weighted by Crippen LogP contribution is -2.35. The van der Waals surface area contributed by atoms with Gasteiger partial charge < -0.3 is 16.0 Å². The summed E-state index contributed by atoms with van der Waals surface area (Å²) in [5.41, 5.74) is 0.0701. The summed E-state index contributed by atoms with van der Waals surface area (Å²) in [7, 11) is 1.46. The van der Waals surface area contributed by atoms with Crippen molar-refractivity contribution in [3.05, 3.63) is 23.6 Å². The molecule has 0 saturated carbocycles. The van der Waals surface area contributed by atoms with Crippen LogP contribution in [0.1, 0.15) is 17.3 Å². The number of nitrogens with zero attached hydrogens (tertiary/aromatic N) is 1. The molecule has 1 rings (SSSR count). The van der Waals surface area contributed by atoms with Crippen molar-refractivity contribution >= 4 is 17.6 Å². The number of halogens is 1. The lowest BCUT2D eigenvalue weighted by atomic mass is 10.2. The monoisotopic (exact) mass is 254 g/mol. The Balaban J connectivity index is 2.82. The highest BCUT2D eigenvalue weighted by Gasteiger charge is 2.14. The first-order valence-corrected chi connectivity index (χ1v) is 5.46. The van der Waals surface area contributed by atoms with Crippen LogP contribution in [0, 0.1) is 5.82 Å². The van der Waals surface area contributed by atoms with E-state index in [0.717, 1.165) is 12.3 Å². The SMILES string of the molecule is CCNc1ncc(F)cc1C(=O)NCC(=O)NC. The minimum Gasteiger partial charge on any atom is -0.370 e. The van der Waals surface area contributed by atoms with Gasteiger partial charge in [-0.2, -0.15) is 0 Å². The number of anilines is 1. The van der Waals surface area contributed by atoms with Crippen molar-refractivity contribution in [2.75, 3.05) is 25.5 Å². The number of carbonyl (C=O) groups is 2. The van der Waals surface area contributed by atoms with Gasteiger partial charge in [0.1, 0.15) is 11.6 Å². The van der Waals surface area contributed by atoms with Crippen molar-refractivity contribution < 1.29 is 14.0 Å². The van der Waals surface area contributed by atoms with Gasteiger partial charge in [0.2, 0.25) is 5.91 Å². The fourth-order valence-electron chi connectivity index (χ4n) is 1.26. The summed E-state index contributed by atoms with van der Waals surface area (Å²) in [4.78, 5) is 26.6. The van der Waals surface area contributed by atoms with Gasteiger partial charge in [0.05, 0.1) is 18.3 Å². The summed E-state index contributed by atoms with van der Waals surface area (Å²) in [6.07, 6.45) is 1.02. The number of pyridine rings is 1. The molecule has 0 radical (unpaired) electrons. The number of carbonyl (C=O) groups excluding carboxylic acids is 2. The zero-order chi connectivity index (χ0) is 13.5. The van der Waals surface area contributed by atoms with Crippen LogP contribution in [0.5, 0.6) is 0 Å². The van der Waals surface area contributed by atoms with Crippen molar-refractivity contribution in [3.63, 3.8) is 0 Å². The van der Waals surface area contributed by atoms with Crippen molar-refractivity contribution in [3.8, 4) is 0 Å². The molecular weight excluding hydrogens is 239 g/mol. The fourth-order valence-corrected chi connectivity index (χ4v) is 1.26. The number of amides is 2. The lowest BCUT2D eigenvalue weighted by Gasteiger charge is -2.09. The van der Waals surface area contributed by atoms with E-state index in [1.165, 1.54) is 7.05 Å².